The number of nitrogens with zero attached hydrogens (tertiary/aromatic N) is 1. The molecule has 0 heterocycles. The summed E-state index contributed by atoms with van der Waals surface area (Å²) in [5, 5.41) is 0. The molecule has 0 aliphatic heterocycles. The Hall–Kier alpha value is -0.820. The molecular weight excluding hydrogens is 182 g/mol. The van der Waals surface area contributed by atoms with Crippen molar-refractivity contribution in [1.29, 1.82) is 0 Å². The van der Waals surface area contributed by atoms with Crippen LogP contribution in [0.3, 0.4) is 0 Å². The quantitative estimate of drug-likeness (QED) is 0.716. The number of rotatable bonds is 2. The molecule has 1 rings (SSSR count). The predicted molar refractivity (Wildman–Crippen MR) is 67.5 cm³/mol. The zero-order valence-electron chi connectivity index (χ0n) is 11.2. The Morgan fingerprint density at radius 1 is 0.667 bits per heavy atom. The van der Waals surface area contributed by atoms with E-state index >= 15 is 0 Å². The molecule has 0 spiro atoms. The number of benzene rings is 1. The van der Waals surface area contributed by atoms with Crippen molar-refractivity contribution in [3.05, 3.63) is 33.4 Å². The summed E-state index contributed by atoms with van der Waals surface area (Å²) in [4.78, 5) is 2.24. The zero-order chi connectivity index (χ0) is 11.7. The van der Waals surface area contributed by atoms with Gasteiger partial charge >= 0.3 is 0 Å². The van der Waals surface area contributed by atoms with Gasteiger partial charge in [0, 0.05) is 6.54 Å². The third kappa shape index (κ3) is 2.23. The highest BCUT2D eigenvalue weighted by Crippen LogP contribution is 2.26. The second kappa shape index (κ2) is 4.36. The van der Waals surface area contributed by atoms with Gasteiger partial charge in [0.2, 0.25) is 0 Å². The first kappa shape index (κ1) is 12.3. The average molecular weight is 205 g/mol. The Kier molecular flexibility index (Phi) is 3.56. The third-order valence-corrected chi connectivity index (χ3v) is 3.63. The van der Waals surface area contributed by atoms with E-state index in [1.54, 1.807) is 0 Å². The SMILES string of the molecule is Cc1c(C)c(C)c(CN(C)C)c(C)c1C. The Bertz CT molecular complexity index is 346. The van der Waals surface area contributed by atoms with Gasteiger partial charge in [-0.25, -0.2) is 0 Å². The van der Waals surface area contributed by atoms with Crippen molar-refractivity contribution < 1.29 is 0 Å². The maximum atomic E-state index is 2.24. The molecule has 0 saturated heterocycles. The predicted octanol–water partition coefficient (Wildman–Crippen LogP) is 3.29. The van der Waals surface area contributed by atoms with Crippen molar-refractivity contribution in [2.45, 2.75) is 41.2 Å². The van der Waals surface area contributed by atoms with Crippen molar-refractivity contribution in [2.24, 2.45) is 0 Å². The van der Waals surface area contributed by atoms with Gasteiger partial charge in [-0.2, -0.15) is 0 Å². The molecule has 0 fully saturated rings. The molecule has 1 aromatic carbocycles. The van der Waals surface area contributed by atoms with Crippen LogP contribution >= 0.6 is 0 Å². The summed E-state index contributed by atoms with van der Waals surface area (Å²) in [5.74, 6) is 0. The topological polar surface area (TPSA) is 3.24 Å². The van der Waals surface area contributed by atoms with Crippen LogP contribution in [0.15, 0.2) is 0 Å². The fourth-order valence-electron chi connectivity index (χ4n) is 2.13. The Morgan fingerprint density at radius 3 is 1.33 bits per heavy atom. The van der Waals surface area contributed by atoms with Crippen molar-refractivity contribution in [1.82, 2.24) is 4.90 Å². The molecule has 0 unspecified atom stereocenters. The molecule has 0 saturated carbocycles. The van der Waals surface area contributed by atoms with Crippen LogP contribution < -0.4 is 0 Å². The minimum Gasteiger partial charge on any atom is -0.305 e. The third-order valence-electron chi connectivity index (χ3n) is 3.63. The van der Waals surface area contributed by atoms with E-state index in [4.69, 9.17) is 0 Å². The standard InChI is InChI=1S/C14H23N/c1-9-10(2)12(4)14(8-15(6)7)13(5)11(9)3/h8H2,1-7H3. The molecule has 0 bridgehead atoms. The molecule has 0 aliphatic carbocycles. The van der Waals surface area contributed by atoms with Gasteiger partial charge in [-0.15, -0.1) is 0 Å². The smallest absolute Gasteiger partial charge is 0.0233 e. The Morgan fingerprint density at radius 2 is 1.00 bits per heavy atom. The Labute approximate surface area is 94.1 Å². The molecule has 15 heavy (non-hydrogen) atoms. The van der Waals surface area contributed by atoms with Crippen LogP contribution in [0.4, 0.5) is 0 Å². The molecule has 0 radical (unpaired) electrons. The van der Waals surface area contributed by atoms with Gasteiger partial charge in [0.05, 0.1) is 0 Å². The van der Waals surface area contributed by atoms with Crippen molar-refractivity contribution in [3.8, 4) is 0 Å². The highest BCUT2D eigenvalue weighted by atomic mass is 15.0. The van der Waals surface area contributed by atoms with Crippen LogP contribution in [-0.4, -0.2) is 19.0 Å². The first-order valence-corrected chi connectivity index (χ1v) is 5.56. The van der Waals surface area contributed by atoms with Gasteiger partial charge in [-0.3, -0.25) is 0 Å². The van der Waals surface area contributed by atoms with Gasteiger partial charge in [-0.05, 0) is 82.1 Å². The lowest BCUT2D eigenvalue weighted by Gasteiger charge is -2.21. The molecule has 1 nitrogen and oxygen atoms in total. The molecule has 0 aromatic heterocycles. The Balaban J connectivity index is 3.39. The maximum absolute atomic E-state index is 2.24. The van der Waals surface area contributed by atoms with Gasteiger partial charge in [-0.1, -0.05) is 0 Å². The molecule has 0 amide bonds. The van der Waals surface area contributed by atoms with Crippen LogP contribution in [0, 0.1) is 34.6 Å². The molecule has 0 atom stereocenters. The van der Waals surface area contributed by atoms with E-state index in [0.29, 0.717) is 0 Å². The highest BCUT2D eigenvalue weighted by molar-refractivity contribution is 5.49. The van der Waals surface area contributed by atoms with E-state index in [1.165, 1.54) is 33.4 Å². The summed E-state index contributed by atoms with van der Waals surface area (Å²) < 4.78 is 0. The monoisotopic (exact) mass is 205 g/mol. The first-order valence-electron chi connectivity index (χ1n) is 5.56. The van der Waals surface area contributed by atoms with E-state index in [9.17, 15) is 0 Å². The lowest BCUT2D eigenvalue weighted by Crippen LogP contribution is -2.14. The lowest BCUT2D eigenvalue weighted by atomic mass is 9.89. The summed E-state index contributed by atoms with van der Waals surface area (Å²) in [6.07, 6.45) is 0. The largest absolute Gasteiger partial charge is 0.305 e. The van der Waals surface area contributed by atoms with E-state index in [0.717, 1.165) is 6.54 Å². The van der Waals surface area contributed by atoms with E-state index in [2.05, 4.69) is 53.6 Å². The zero-order valence-corrected chi connectivity index (χ0v) is 11.2. The van der Waals surface area contributed by atoms with Crippen molar-refractivity contribution in [3.63, 3.8) is 0 Å². The van der Waals surface area contributed by atoms with Crippen molar-refractivity contribution in [2.75, 3.05) is 14.1 Å². The molecule has 84 valence electrons. The molecule has 0 N–H and O–H groups in total. The normalized spacial score (nSPS) is 11.2. The van der Waals surface area contributed by atoms with Gasteiger partial charge < -0.3 is 4.90 Å². The van der Waals surface area contributed by atoms with E-state index in [1.807, 2.05) is 0 Å². The van der Waals surface area contributed by atoms with Crippen LogP contribution in [0.1, 0.15) is 33.4 Å². The fraction of sp³-hybridized carbons (Fsp3) is 0.571. The van der Waals surface area contributed by atoms with Gasteiger partial charge in [0.15, 0.2) is 0 Å². The van der Waals surface area contributed by atoms with E-state index in [-0.39, 0.29) is 0 Å². The van der Waals surface area contributed by atoms with Gasteiger partial charge in [0.25, 0.3) is 0 Å². The molecular formula is C14H23N. The van der Waals surface area contributed by atoms with Crippen molar-refractivity contribution >= 4 is 0 Å². The summed E-state index contributed by atoms with van der Waals surface area (Å²) >= 11 is 0. The minimum absolute atomic E-state index is 1.04. The average Bonchev–Trinajstić information content (AvgIpc) is 2.18. The number of hydrogen-bond acceptors (Lipinski definition) is 1. The molecule has 1 heteroatoms. The fourth-order valence-corrected chi connectivity index (χ4v) is 2.13. The minimum atomic E-state index is 1.04. The summed E-state index contributed by atoms with van der Waals surface area (Å²) in [5.41, 5.74) is 8.78. The summed E-state index contributed by atoms with van der Waals surface area (Å²) in [7, 11) is 4.26. The second-order valence-corrected chi connectivity index (χ2v) is 4.84. The summed E-state index contributed by atoms with van der Waals surface area (Å²) in [6.45, 7) is 12.2. The van der Waals surface area contributed by atoms with Crippen LogP contribution in [0.25, 0.3) is 0 Å². The summed E-state index contributed by atoms with van der Waals surface area (Å²) in [6, 6.07) is 0. The maximum Gasteiger partial charge on any atom is 0.0233 e. The lowest BCUT2D eigenvalue weighted by molar-refractivity contribution is 0.400. The van der Waals surface area contributed by atoms with Crippen LogP contribution in [-0.2, 0) is 6.54 Å². The highest BCUT2D eigenvalue weighted by Gasteiger charge is 2.12. The van der Waals surface area contributed by atoms with E-state index < -0.39 is 0 Å². The molecule has 1 aromatic rings. The van der Waals surface area contributed by atoms with Crippen LogP contribution in [0.5, 0.6) is 0 Å². The number of hydrogen-bond donors (Lipinski definition) is 0. The van der Waals surface area contributed by atoms with Gasteiger partial charge in [0.1, 0.15) is 0 Å². The first-order chi connectivity index (χ1) is 6.86. The second-order valence-electron chi connectivity index (χ2n) is 4.84. The molecule has 0 aliphatic rings. The van der Waals surface area contributed by atoms with Crippen LogP contribution in [0.2, 0.25) is 0 Å².